The quantitative estimate of drug-likeness (QED) is 0.858. The van der Waals surface area contributed by atoms with Gasteiger partial charge in [-0.1, -0.05) is 6.07 Å². The van der Waals surface area contributed by atoms with Gasteiger partial charge in [0.05, 0.1) is 12.7 Å². The number of ether oxygens (including phenoxy) is 1. The van der Waals surface area contributed by atoms with Crippen LogP contribution in [-0.4, -0.2) is 42.3 Å². The molecular weight excluding hydrogens is 220 g/mol. The first-order valence-electron chi connectivity index (χ1n) is 5.65. The van der Waals surface area contributed by atoms with Crippen molar-refractivity contribution in [1.29, 1.82) is 0 Å². The predicted molar refractivity (Wildman–Crippen MR) is 67.9 cm³/mol. The number of aromatic nitrogens is 1. The zero-order chi connectivity index (χ0) is 11.2. The minimum atomic E-state index is 0.323. The molecule has 1 aliphatic rings. The van der Waals surface area contributed by atoms with Gasteiger partial charge in [-0.05, 0) is 25.1 Å². The molecule has 1 aromatic rings. The van der Waals surface area contributed by atoms with Gasteiger partial charge in [0.15, 0.2) is 0 Å². The van der Waals surface area contributed by atoms with Crippen LogP contribution in [0.1, 0.15) is 5.56 Å². The summed E-state index contributed by atoms with van der Waals surface area (Å²) in [7, 11) is 2.00. The molecule has 2 atom stereocenters. The molecular formula is C12H18N2OS. The molecule has 0 amide bonds. The molecule has 1 fully saturated rings. The number of likely N-dealkylation sites (N-methyl/N-ethyl adjacent to an activating group) is 1. The van der Waals surface area contributed by atoms with Crippen molar-refractivity contribution in [2.24, 2.45) is 0 Å². The lowest BCUT2D eigenvalue weighted by atomic mass is 10.0. The minimum Gasteiger partial charge on any atom is -0.375 e. The second kappa shape index (κ2) is 6.23. The topological polar surface area (TPSA) is 34.2 Å². The van der Waals surface area contributed by atoms with E-state index >= 15 is 0 Å². The molecule has 1 N–H and O–H groups in total. The summed E-state index contributed by atoms with van der Waals surface area (Å²) in [6.45, 7) is 0.876. The smallest absolute Gasteiger partial charge is 0.0821 e. The Hall–Kier alpha value is -0.580. The summed E-state index contributed by atoms with van der Waals surface area (Å²) in [5, 5.41) is 3.35. The zero-order valence-corrected chi connectivity index (χ0v) is 10.4. The van der Waals surface area contributed by atoms with E-state index in [1.54, 1.807) is 0 Å². The van der Waals surface area contributed by atoms with Crippen molar-refractivity contribution < 1.29 is 4.74 Å². The monoisotopic (exact) mass is 238 g/mol. The molecule has 0 bridgehead atoms. The van der Waals surface area contributed by atoms with Crippen LogP contribution >= 0.6 is 11.8 Å². The average molecular weight is 238 g/mol. The summed E-state index contributed by atoms with van der Waals surface area (Å²) in [5.41, 5.74) is 1.26. The van der Waals surface area contributed by atoms with Crippen molar-refractivity contribution >= 4 is 11.8 Å². The van der Waals surface area contributed by atoms with E-state index in [1.165, 1.54) is 5.56 Å². The zero-order valence-electron chi connectivity index (χ0n) is 9.56. The third kappa shape index (κ3) is 3.20. The number of hydrogen-bond acceptors (Lipinski definition) is 4. The lowest BCUT2D eigenvalue weighted by Gasteiger charge is -2.30. The van der Waals surface area contributed by atoms with Gasteiger partial charge in [0.1, 0.15) is 0 Å². The van der Waals surface area contributed by atoms with Crippen LogP contribution in [0, 0.1) is 0 Å². The highest BCUT2D eigenvalue weighted by molar-refractivity contribution is 7.99. The normalized spacial score (nSPS) is 22.9. The molecule has 3 nitrogen and oxygen atoms in total. The van der Waals surface area contributed by atoms with Crippen LogP contribution in [-0.2, 0) is 11.2 Å². The Balaban J connectivity index is 1.94. The van der Waals surface area contributed by atoms with E-state index in [9.17, 15) is 0 Å². The SMILES string of the molecule is CNC(Cc1cccnc1)C1CSCCO1. The number of nitrogens with one attached hydrogen (secondary N) is 1. The van der Waals surface area contributed by atoms with Crippen LogP contribution in [0.25, 0.3) is 0 Å². The van der Waals surface area contributed by atoms with E-state index < -0.39 is 0 Å². The number of nitrogens with zero attached hydrogens (tertiary/aromatic N) is 1. The molecule has 88 valence electrons. The van der Waals surface area contributed by atoms with Crippen molar-refractivity contribution in [3.05, 3.63) is 30.1 Å². The van der Waals surface area contributed by atoms with Crippen LogP contribution in [0.15, 0.2) is 24.5 Å². The first kappa shape index (κ1) is 11.9. The van der Waals surface area contributed by atoms with E-state index in [-0.39, 0.29) is 0 Å². The van der Waals surface area contributed by atoms with Gasteiger partial charge >= 0.3 is 0 Å². The maximum Gasteiger partial charge on any atom is 0.0821 e. The first-order chi connectivity index (χ1) is 7.90. The molecule has 0 radical (unpaired) electrons. The maximum absolute atomic E-state index is 5.80. The summed E-state index contributed by atoms with van der Waals surface area (Å²) < 4.78 is 5.80. The van der Waals surface area contributed by atoms with Gasteiger partial charge < -0.3 is 10.1 Å². The molecule has 2 heterocycles. The highest BCUT2D eigenvalue weighted by Gasteiger charge is 2.23. The fourth-order valence-electron chi connectivity index (χ4n) is 1.93. The van der Waals surface area contributed by atoms with Gasteiger partial charge in [-0.15, -0.1) is 0 Å². The molecule has 2 rings (SSSR count). The Morgan fingerprint density at radius 1 is 1.69 bits per heavy atom. The van der Waals surface area contributed by atoms with Crippen LogP contribution < -0.4 is 5.32 Å². The van der Waals surface area contributed by atoms with Crippen LogP contribution in [0.5, 0.6) is 0 Å². The number of pyridine rings is 1. The third-order valence-electron chi connectivity index (χ3n) is 2.84. The average Bonchev–Trinajstić information content (AvgIpc) is 2.38. The highest BCUT2D eigenvalue weighted by atomic mass is 32.2. The molecule has 0 aliphatic carbocycles. The fraction of sp³-hybridized carbons (Fsp3) is 0.583. The van der Waals surface area contributed by atoms with Crippen molar-refractivity contribution in [1.82, 2.24) is 10.3 Å². The Kier molecular flexibility index (Phi) is 4.63. The molecule has 16 heavy (non-hydrogen) atoms. The van der Waals surface area contributed by atoms with Gasteiger partial charge in [0.2, 0.25) is 0 Å². The third-order valence-corrected chi connectivity index (χ3v) is 3.86. The summed E-state index contributed by atoms with van der Waals surface area (Å²) in [6.07, 6.45) is 5.05. The lowest BCUT2D eigenvalue weighted by molar-refractivity contribution is 0.0492. The summed E-state index contributed by atoms with van der Waals surface area (Å²) in [5.74, 6) is 2.21. The van der Waals surface area contributed by atoms with Gasteiger partial charge in [0, 0.05) is 29.9 Å². The second-order valence-electron chi connectivity index (χ2n) is 3.94. The Morgan fingerprint density at radius 3 is 3.25 bits per heavy atom. The molecule has 2 unspecified atom stereocenters. The Bertz CT molecular complexity index is 301. The largest absolute Gasteiger partial charge is 0.375 e. The van der Waals surface area contributed by atoms with Gasteiger partial charge in [0.25, 0.3) is 0 Å². The van der Waals surface area contributed by atoms with E-state index in [4.69, 9.17) is 4.74 Å². The van der Waals surface area contributed by atoms with Crippen LogP contribution in [0.4, 0.5) is 0 Å². The van der Waals surface area contributed by atoms with Crippen molar-refractivity contribution in [2.75, 3.05) is 25.2 Å². The summed E-state index contributed by atoms with van der Waals surface area (Å²) in [6, 6.07) is 4.49. The molecule has 0 spiro atoms. The number of thioether (sulfide) groups is 1. The first-order valence-corrected chi connectivity index (χ1v) is 6.81. The lowest BCUT2D eigenvalue weighted by Crippen LogP contribution is -2.44. The highest BCUT2D eigenvalue weighted by Crippen LogP contribution is 2.17. The molecule has 1 aromatic heterocycles. The maximum atomic E-state index is 5.80. The predicted octanol–water partition coefficient (Wildman–Crippen LogP) is 1.34. The van der Waals surface area contributed by atoms with E-state index in [0.717, 1.165) is 24.5 Å². The van der Waals surface area contributed by atoms with E-state index in [2.05, 4.69) is 16.4 Å². The fourth-order valence-corrected chi connectivity index (χ4v) is 2.87. The Labute approximate surface area is 101 Å². The van der Waals surface area contributed by atoms with E-state index in [0.29, 0.717) is 12.1 Å². The Morgan fingerprint density at radius 2 is 2.62 bits per heavy atom. The van der Waals surface area contributed by atoms with E-state index in [1.807, 2.05) is 37.3 Å². The van der Waals surface area contributed by atoms with Gasteiger partial charge in [-0.2, -0.15) is 11.8 Å². The van der Waals surface area contributed by atoms with Gasteiger partial charge in [-0.3, -0.25) is 4.98 Å². The molecule has 0 aromatic carbocycles. The summed E-state index contributed by atoms with van der Waals surface area (Å²) >= 11 is 1.98. The van der Waals surface area contributed by atoms with Crippen molar-refractivity contribution in [3.63, 3.8) is 0 Å². The van der Waals surface area contributed by atoms with Crippen LogP contribution in [0.3, 0.4) is 0 Å². The number of hydrogen-bond donors (Lipinski definition) is 1. The van der Waals surface area contributed by atoms with Crippen molar-refractivity contribution in [3.8, 4) is 0 Å². The molecule has 1 aliphatic heterocycles. The van der Waals surface area contributed by atoms with Crippen molar-refractivity contribution in [2.45, 2.75) is 18.6 Å². The summed E-state index contributed by atoms with van der Waals surface area (Å²) in [4.78, 5) is 4.14. The molecule has 0 saturated carbocycles. The van der Waals surface area contributed by atoms with Crippen LogP contribution in [0.2, 0.25) is 0 Å². The number of rotatable bonds is 4. The standard InChI is InChI=1S/C12H18N2OS/c1-13-11(12-9-16-6-5-15-12)7-10-3-2-4-14-8-10/h2-4,8,11-13H,5-7,9H2,1H3. The molecule has 4 heteroatoms. The minimum absolute atomic E-state index is 0.323. The van der Waals surface area contributed by atoms with Gasteiger partial charge in [-0.25, -0.2) is 0 Å². The molecule has 1 saturated heterocycles. The second-order valence-corrected chi connectivity index (χ2v) is 5.09.